The summed E-state index contributed by atoms with van der Waals surface area (Å²) in [5.41, 5.74) is 11.7. The third-order valence-corrected chi connectivity index (χ3v) is 6.37. The van der Waals surface area contributed by atoms with E-state index in [-0.39, 0.29) is 12.7 Å². The second kappa shape index (κ2) is 9.22. The van der Waals surface area contributed by atoms with Crippen LogP contribution in [0.2, 0.25) is 0 Å². The Labute approximate surface area is 207 Å². The largest absolute Gasteiger partial charge is 0.454 e. The van der Waals surface area contributed by atoms with Crippen molar-refractivity contribution in [3.05, 3.63) is 89.5 Å². The fourth-order valence-corrected chi connectivity index (χ4v) is 4.55. The number of hydrogen-bond donors (Lipinski definition) is 2. The Bertz CT molecular complexity index is 1580. The van der Waals surface area contributed by atoms with Gasteiger partial charge in [-0.05, 0) is 48.2 Å². The maximum atomic E-state index is 13.3. The predicted molar refractivity (Wildman–Crippen MR) is 138 cm³/mol. The Balaban J connectivity index is 1.33. The second-order valence-corrected chi connectivity index (χ2v) is 8.76. The Kier molecular flexibility index (Phi) is 5.61. The Morgan fingerprint density at radius 1 is 0.917 bits per heavy atom. The zero-order valence-corrected chi connectivity index (χ0v) is 19.6. The van der Waals surface area contributed by atoms with Gasteiger partial charge in [0.2, 0.25) is 6.79 Å². The first-order valence-corrected chi connectivity index (χ1v) is 11.9. The van der Waals surface area contributed by atoms with Crippen LogP contribution in [0.3, 0.4) is 0 Å². The zero-order chi connectivity index (χ0) is 24.5. The van der Waals surface area contributed by atoms with Crippen LogP contribution < -0.4 is 20.5 Å². The summed E-state index contributed by atoms with van der Waals surface area (Å²) >= 11 is 0. The van der Waals surface area contributed by atoms with Crippen LogP contribution in [0, 0.1) is 0 Å². The number of anilines is 1. The van der Waals surface area contributed by atoms with Gasteiger partial charge in [0.1, 0.15) is 16.9 Å². The number of nitrogens with zero attached hydrogens (tertiary/aromatic N) is 3. The van der Waals surface area contributed by atoms with Gasteiger partial charge in [-0.3, -0.25) is 4.79 Å². The van der Waals surface area contributed by atoms with Crippen LogP contribution in [0.4, 0.5) is 5.82 Å². The van der Waals surface area contributed by atoms with Gasteiger partial charge >= 0.3 is 0 Å². The number of benzene rings is 3. The van der Waals surface area contributed by atoms with E-state index in [9.17, 15) is 4.79 Å². The number of para-hydroxylation sites is 2. The summed E-state index contributed by atoms with van der Waals surface area (Å²) < 4.78 is 12.8. The average Bonchev–Trinajstić information content (AvgIpc) is 3.48. The Morgan fingerprint density at radius 3 is 2.50 bits per heavy atom. The van der Waals surface area contributed by atoms with Crippen molar-refractivity contribution in [2.75, 3.05) is 19.1 Å². The minimum atomic E-state index is -0.250. The van der Waals surface area contributed by atoms with Gasteiger partial charge in [0.15, 0.2) is 17.1 Å². The van der Waals surface area contributed by atoms with Crippen LogP contribution in [0.15, 0.2) is 72.8 Å². The number of nitrogens with two attached hydrogens (primary N) is 1. The van der Waals surface area contributed by atoms with Crippen molar-refractivity contribution in [1.82, 2.24) is 19.9 Å². The van der Waals surface area contributed by atoms with Gasteiger partial charge in [0, 0.05) is 6.54 Å². The lowest BCUT2D eigenvalue weighted by atomic mass is 10.1. The number of amides is 1. The van der Waals surface area contributed by atoms with E-state index in [1.165, 1.54) is 5.56 Å². The fraction of sp³-hybridized carbons (Fsp3) is 0.179. The summed E-state index contributed by atoms with van der Waals surface area (Å²) in [6, 6.07) is 23.6. The van der Waals surface area contributed by atoms with Gasteiger partial charge in [-0.15, -0.1) is 0 Å². The molecule has 0 unspecified atom stereocenters. The molecule has 2 aromatic heterocycles. The first kappa shape index (κ1) is 21.9. The van der Waals surface area contributed by atoms with Gasteiger partial charge in [-0.1, -0.05) is 48.5 Å². The average molecular weight is 480 g/mol. The van der Waals surface area contributed by atoms with E-state index in [0.29, 0.717) is 52.7 Å². The smallest absolute Gasteiger partial charge is 0.257 e. The number of carbonyl (C=O) groups is 1. The minimum absolute atomic E-state index is 0.208. The lowest BCUT2D eigenvalue weighted by Gasteiger charge is -2.09. The number of hydrogen-bond acceptors (Lipinski definition) is 6. The molecule has 0 fully saturated rings. The van der Waals surface area contributed by atoms with E-state index in [1.807, 2.05) is 65.2 Å². The molecule has 1 aliphatic rings. The van der Waals surface area contributed by atoms with E-state index in [4.69, 9.17) is 25.2 Å². The highest BCUT2D eigenvalue weighted by Crippen LogP contribution is 2.34. The molecule has 0 aliphatic carbocycles. The molecule has 3 aromatic carbocycles. The molecule has 5 aromatic rings. The molecule has 0 atom stereocenters. The van der Waals surface area contributed by atoms with Gasteiger partial charge in [-0.25, -0.2) is 9.97 Å². The molecule has 1 amide bonds. The van der Waals surface area contributed by atoms with Crippen LogP contribution >= 0.6 is 0 Å². The van der Waals surface area contributed by atoms with Crippen molar-refractivity contribution in [1.29, 1.82) is 0 Å². The molecule has 3 heterocycles. The van der Waals surface area contributed by atoms with Gasteiger partial charge < -0.3 is 25.1 Å². The number of aryl methyl sites for hydroxylation is 1. The van der Waals surface area contributed by atoms with Crippen molar-refractivity contribution < 1.29 is 14.3 Å². The molecule has 180 valence electrons. The van der Waals surface area contributed by atoms with E-state index in [0.717, 1.165) is 23.9 Å². The topological polar surface area (TPSA) is 104 Å². The molecule has 8 heteroatoms. The number of fused-ring (bicyclic) bond motifs is 3. The molecule has 36 heavy (non-hydrogen) atoms. The van der Waals surface area contributed by atoms with Crippen LogP contribution in [-0.4, -0.2) is 33.8 Å². The zero-order valence-electron chi connectivity index (χ0n) is 19.6. The van der Waals surface area contributed by atoms with E-state index < -0.39 is 0 Å². The number of ether oxygens (including phenoxy) is 2. The summed E-state index contributed by atoms with van der Waals surface area (Å²) in [7, 11) is 0. The summed E-state index contributed by atoms with van der Waals surface area (Å²) in [4.78, 5) is 23.0. The molecule has 0 saturated heterocycles. The molecule has 0 saturated carbocycles. The standard InChI is InChI=1S/C28H25N5O3/c29-26-24(28(34)30-14-6-9-18-7-2-1-3-8-18)25-27(32-21-11-5-4-10-20(21)31-25)33(26)16-19-12-13-22-23(15-19)36-17-35-22/h1-5,7-8,10-13,15H,6,9,14,16-17,29H2,(H,30,34). The third kappa shape index (κ3) is 4.07. The first-order chi connectivity index (χ1) is 17.7. The number of carbonyl (C=O) groups excluding carboxylic acids is 1. The van der Waals surface area contributed by atoms with Crippen molar-refractivity contribution in [3.8, 4) is 11.5 Å². The monoisotopic (exact) mass is 479 g/mol. The van der Waals surface area contributed by atoms with Crippen molar-refractivity contribution in [2.45, 2.75) is 19.4 Å². The highest BCUT2D eigenvalue weighted by Gasteiger charge is 2.24. The predicted octanol–water partition coefficient (Wildman–Crippen LogP) is 4.31. The normalized spacial score (nSPS) is 12.3. The van der Waals surface area contributed by atoms with Crippen molar-refractivity contribution in [2.24, 2.45) is 0 Å². The minimum Gasteiger partial charge on any atom is -0.454 e. The second-order valence-electron chi connectivity index (χ2n) is 8.76. The third-order valence-electron chi connectivity index (χ3n) is 6.37. The van der Waals surface area contributed by atoms with E-state index in [1.54, 1.807) is 0 Å². The molecule has 8 nitrogen and oxygen atoms in total. The summed E-state index contributed by atoms with van der Waals surface area (Å²) in [6.07, 6.45) is 1.70. The van der Waals surface area contributed by atoms with E-state index in [2.05, 4.69) is 17.4 Å². The van der Waals surface area contributed by atoms with Gasteiger partial charge in [0.05, 0.1) is 17.6 Å². The van der Waals surface area contributed by atoms with Crippen LogP contribution in [0.5, 0.6) is 11.5 Å². The molecule has 3 N–H and O–H groups in total. The maximum absolute atomic E-state index is 13.3. The summed E-state index contributed by atoms with van der Waals surface area (Å²) in [5.74, 6) is 1.49. The van der Waals surface area contributed by atoms with Crippen LogP contribution in [-0.2, 0) is 13.0 Å². The van der Waals surface area contributed by atoms with Crippen LogP contribution in [0.1, 0.15) is 27.9 Å². The SMILES string of the molecule is Nc1c(C(=O)NCCCc2ccccc2)c2nc3ccccc3nc2n1Cc1ccc2c(c1)OCO2. The molecule has 0 spiro atoms. The van der Waals surface area contributed by atoms with Gasteiger partial charge in [0.25, 0.3) is 5.91 Å². The fourth-order valence-electron chi connectivity index (χ4n) is 4.55. The Morgan fingerprint density at radius 2 is 1.67 bits per heavy atom. The quantitative estimate of drug-likeness (QED) is 0.337. The summed E-state index contributed by atoms with van der Waals surface area (Å²) in [5, 5.41) is 3.02. The molecular formula is C28H25N5O3. The number of aromatic nitrogens is 3. The molecular weight excluding hydrogens is 454 g/mol. The lowest BCUT2D eigenvalue weighted by molar-refractivity contribution is 0.0955. The number of nitrogens with one attached hydrogen (secondary N) is 1. The lowest BCUT2D eigenvalue weighted by Crippen LogP contribution is -2.25. The van der Waals surface area contributed by atoms with Crippen molar-refractivity contribution in [3.63, 3.8) is 0 Å². The summed E-state index contributed by atoms with van der Waals surface area (Å²) in [6.45, 7) is 1.15. The maximum Gasteiger partial charge on any atom is 0.257 e. The highest BCUT2D eigenvalue weighted by atomic mass is 16.7. The Hall–Kier alpha value is -4.59. The number of nitrogen functional groups attached to an aromatic ring is 1. The first-order valence-electron chi connectivity index (χ1n) is 11.9. The number of rotatable bonds is 7. The molecule has 0 radical (unpaired) electrons. The van der Waals surface area contributed by atoms with E-state index >= 15 is 0 Å². The molecule has 1 aliphatic heterocycles. The molecule has 6 rings (SSSR count). The highest BCUT2D eigenvalue weighted by molar-refractivity contribution is 6.10. The van der Waals surface area contributed by atoms with Gasteiger partial charge in [-0.2, -0.15) is 0 Å². The molecule has 0 bridgehead atoms. The van der Waals surface area contributed by atoms with Crippen LogP contribution in [0.25, 0.3) is 22.2 Å². The van der Waals surface area contributed by atoms with Crippen molar-refractivity contribution >= 4 is 33.9 Å².